The Kier molecular flexibility index (Phi) is 2.92. The van der Waals surface area contributed by atoms with Gasteiger partial charge in [-0.15, -0.1) is 0 Å². The first-order chi connectivity index (χ1) is 8.75. The molecule has 3 heteroatoms. The minimum Gasteiger partial charge on any atom is -0.311 e. The lowest BCUT2D eigenvalue weighted by Gasteiger charge is -2.23. The van der Waals surface area contributed by atoms with E-state index in [-0.39, 0.29) is 5.54 Å². The molecule has 1 aliphatic heterocycles. The van der Waals surface area contributed by atoms with Gasteiger partial charge in [-0.1, -0.05) is 18.2 Å². The summed E-state index contributed by atoms with van der Waals surface area (Å²) >= 11 is 0. The molecule has 1 saturated heterocycles. The topological polar surface area (TPSA) is 29.9 Å². The van der Waals surface area contributed by atoms with Gasteiger partial charge in [0.25, 0.3) is 0 Å². The van der Waals surface area contributed by atoms with Gasteiger partial charge in [0, 0.05) is 11.7 Å². The first-order valence-electron chi connectivity index (χ1n) is 6.59. The SMILES string of the molecule is CC1(Cc2cnn(-c3ccccc3)c2)CCCN1. The van der Waals surface area contributed by atoms with Crippen molar-refractivity contribution in [3.63, 3.8) is 0 Å². The first kappa shape index (κ1) is 11.5. The van der Waals surface area contributed by atoms with E-state index < -0.39 is 0 Å². The van der Waals surface area contributed by atoms with Crippen molar-refractivity contribution in [2.75, 3.05) is 6.54 Å². The molecule has 0 saturated carbocycles. The smallest absolute Gasteiger partial charge is 0.0645 e. The lowest BCUT2D eigenvalue weighted by molar-refractivity contribution is 0.412. The van der Waals surface area contributed by atoms with Gasteiger partial charge in [0.05, 0.1) is 11.9 Å². The number of rotatable bonds is 3. The zero-order chi connectivity index (χ0) is 12.4. The number of hydrogen-bond acceptors (Lipinski definition) is 2. The molecule has 1 aromatic carbocycles. The van der Waals surface area contributed by atoms with Crippen LogP contribution in [-0.4, -0.2) is 21.9 Å². The predicted octanol–water partition coefficient (Wildman–Crippen LogP) is 2.56. The monoisotopic (exact) mass is 241 g/mol. The Bertz CT molecular complexity index is 510. The van der Waals surface area contributed by atoms with Crippen LogP contribution >= 0.6 is 0 Å². The molecule has 1 unspecified atom stereocenters. The molecular weight excluding hydrogens is 222 g/mol. The summed E-state index contributed by atoms with van der Waals surface area (Å²) in [6.45, 7) is 3.45. The Labute approximate surface area is 108 Å². The number of nitrogens with zero attached hydrogens (tertiary/aromatic N) is 2. The van der Waals surface area contributed by atoms with Crippen molar-refractivity contribution >= 4 is 0 Å². The first-order valence-corrected chi connectivity index (χ1v) is 6.59. The number of benzene rings is 1. The number of para-hydroxylation sites is 1. The Morgan fingerprint density at radius 2 is 2.17 bits per heavy atom. The summed E-state index contributed by atoms with van der Waals surface area (Å²) < 4.78 is 1.95. The second kappa shape index (κ2) is 4.58. The fourth-order valence-electron chi connectivity index (χ4n) is 2.73. The zero-order valence-electron chi connectivity index (χ0n) is 10.8. The van der Waals surface area contributed by atoms with E-state index in [1.165, 1.54) is 18.4 Å². The molecule has 3 rings (SSSR count). The molecule has 0 amide bonds. The lowest BCUT2D eigenvalue weighted by atomic mass is 9.93. The molecule has 2 aromatic rings. The van der Waals surface area contributed by atoms with Crippen molar-refractivity contribution in [3.05, 3.63) is 48.3 Å². The van der Waals surface area contributed by atoms with Gasteiger partial charge in [0.15, 0.2) is 0 Å². The van der Waals surface area contributed by atoms with Crippen LogP contribution in [0.1, 0.15) is 25.3 Å². The third-order valence-corrected chi connectivity index (χ3v) is 3.71. The molecule has 0 bridgehead atoms. The van der Waals surface area contributed by atoms with Crippen LogP contribution in [0, 0.1) is 0 Å². The molecule has 0 aliphatic carbocycles. The molecule has 94 valence electrons. The van der Waals surface area contributed by atoms with Crippen LogP contribution in [0.4, 0.5) is 0 Å². The van der Waals surface area contributed by atoms with Crippen LogP contribution in [0.5, 0.6) is 0 Å². The molecular formula is C15H19N3. The van der Waals surface area contributed by atoms with Crippen molar-refractivity contribution < 1.29 is 0 Å². The van der Waals surface area contributed by atoms with E-state index in [0.29, 0.717) is 0 Å². The van der Waals surface area contributed by atoms with Crippen molar-refractivity contribution in [1.82, 2.24) is 15.1 Å². The van der Waals surface area contributed by atoms with Crippen LogP contribution in [0.3, 0.4) is 0 Å². The molecule has 18 heavy (non-hydrogen) atoms. The maximum absolute atomic E-state index is 4.45. The molecule has 1 fully saturated rings. The third kappa shape index (κ3) is 2.31. The molecule has 3 nitrogen and oxygen atoms in total. The lowest BCUT2D eigenvalue weighted by Crippen LogP contribution is -2.38. The van der Waals surface area contributed by atoms with E-state index in [9.17, 15) is 0 Å². The van der Waals surface area contributed by atoms with Gasteiger partial charge in [-0.05, 0) is 50.4 Å². The highest BCUT2D eigenvalue weighted by Gasteiger charge is 2.28. The fraction of sp³-hybridized carbons (Fsp3) is 0.400. The number of hydrogen-bond donors (Lipinski definition) is 1. The summed E-state index contributed by atoms with van der Waals surface area (Å²) in [5.74, 6) is 0. The summed E-state index contributed by atoms with van der Waals surface area (Å²) in [5, 5.41) is 8.04. The molecule has 1 atom stereocenters. The van der Waals surface area contributed by atoms with Crippen LogP contribution in [0.15, 0.2) is 42.7 Å². The molecule has 0 radical (unpaired) electrons. The summed E-state index contributed by atoms with van der Waals surface area (Å²) in [4.78, 5) is 0. The van der Waals surface area contributed by atoms with E-state index in [4.69, 9.17) is 0 Å². The molecule has 1 aromatic heterocycles. The third-order valence-electron chi connectivity index (χ3n) is 3.71. The standard InChI is InChI=1S/C15H19N3/c1-15(8-5-9-16-15)10-13-11-17-18(12-13)14-6-3-2-4-7-14/h2-4,6-7,11-12,16H,5,8-10H2,1H3. The minimum atomic E-state index is 0.255. The van der Waals surface area contributed by atoms with Crippen LogP contribution in [0.2, 0.25) is 0 Å². The van der Waals surface area contributed by atoms with Gasteiger partial charge in [0.2, 0.25) is 0 Å². The largest absolute Gasteiger partial charge is 0.311 e. The van der Waals surface area contributed by atoms with E-state index in [2.05, 4.69) is 35.7 Å². The summed E-state index contributed by atoms with van der Waals surface area (Å²) in [6.07, 6.45) is 7.71. The predicted molar refractivity (Wildman–Crippen MR) is 72.9 cm³/mol. The van der Waals surface area contributed by atoms with Crippen LogP contribution in [-0.2, 0) is 6.42 Å². The fourth-order valence-corrected chi connectivity index (χ4v) is 2.73. The highest BCUT2D eigenvalue weighted by atomic mass is 15.3. The van der Waals surface area contributed by atoms with Gasteiger partial charge < -0.3 is 5.32 Å². The second-order valence-corrected chi connectivity index (χ2v) is 5.40. The average molecular weight is 241 g/mol. The number of nitrogens with one attached hydrogen (secondary N) is 1. The number of aromatic nitrogens is 2. The van der Waals surface area contributed by atoms with Gasteiger partial charge in [-0.2, -0.15) is 5.10 Å². The minimum absolute atomic E-state index is 0.255. The van der Waals surface area contributed by atoms with E-state index in [1.807, 2.05) is 29.1 Å². The Hall–Kier alpha value is -1.61. The second-order valence-electron chi connectivity index (χ2n) is 5.40. The molecule has 1 N–H and O–H groups in total. The highest BCUT2D eigenvalue weighted by Crippen LogP contribution is 2.23. The maximum Gasteiger partial charge on any atom is 0.0645 e. The Balaban J connectivity index is 1.78. The van der Waals surface area contributed by atoms with Crippen molar-refractivity contribution in [2.45, 2.75) is 31.7 Å². The molecule has 1 aliphatic rings. The maximum atomic E-state index is 4.45. The highest BCUT2D eigenvalue weighted by molar-refractivity contribution is 5.31. The Morgan fingerprint density at radius 3 is 2.89 bits per heavy atom. The van der Waals surface area contributed by atoms with Crippen LogP contribution in [0.25, 0.3) is 5.69 Å². The van der Waals surface area contributed by atoms with Crippen molar-refractivity contribution in [1.29, 1.82) is 0 Å². The summed E-state index contributed by atoms with van der Waals surface area (Å²) in [5.41, 5.74) is 2.67. The van der Waals surface area contributed by atoms with Gasteiger partial charge >= 0.3 is 0 Å². The van der Waals surface area contributed by atoms with Crippen molar-refractivity contribution in [3.8, 4) is 5.69 Å². The molecule has 0 spiro atoms. The summed E-state index contributed by atoms with van der Waals surface area (Å²) in [7, 11) is 0. The van der Waals surface area contributed by atoms with E-state index >= 15 is 0 Å². The average Bonchev–Trinajstić information content (AvgIpc) is 3.00. The summed E-state index contributed by atoms with van der Waals surface area (Å²) in [6, 6.07) is 10.3. The van der Waals surface area contributed by atoms with Crippen LogP contribution < -0.4 is 5.32 Å². The zero-order valence-corrected chi connectivity index (χ0v) is 10.8. The molecule has 2 heterocycles. The van der Waals surface area contributed by atoms with E-state index in [0.717, 1.165) is 18.7 Å². The van der Waals surface area contributed by atoms with Gasteiger partial charge in [0.1, 0.15) is 0 Å². The van der Waals surface area contributed by atoms with Gasteiger partial charge in [-0.3, -0.25) is 0 Å². The normalized spacial score (nSPS) is 23.4. The quantitative estimate of drug-likeness (QED) is 0.895. The van der Waals surface area contributed by atoms with Crippen molar-refractivity contribution in [2.24, 2.45) is 0 Å². The van der Waals surface area contributed by atoms with E-state index in [1.54, 1.807) is 0 Å². The Morgan fingerprint density at radius 1 is 1.33 bits per heavy atom. The van der Waals surface area contributed by atoms with Gasteiger partial charge in [-0.25, -0.2) is 4.68 Å².